The molecule has 26 heavy (non-hydrogen) atoms. The van der Waals surface area contributed by atoms with Crippen molar-refractivity contribution >= 4 is 34.5 Å². The van der Waals surface area contributed by atoms with E-state index in [1.165, 1.54) is 12.3 Å². The molecule has 0 radical (unpaired) electrons. The number of anilines is 1. The fourth-order valence-corrected chi connectivity index (χ4v) is 2.94. The first-order chi connectivity index (χ1) is 12.6. The molecule has 2 N–H and O–H groups in total. The molecule has 0 spiro atoms. The summed E-state index contributed by atoms with van der Waals surface area (Å²) in [5.74, 6) is 1.53. The number of hydrogen-bond donors (Lipinski definition) is 2. The van der Waals surface area contributed by atoms with Gasteiger partial charge in [-0.15, -0.1) is 0 Å². The van der Waals surface area contributed by atoms with Crippen LogP contribution in [0.15, 0.2) is 28.1 Å². The zero-order valence-corrected chi connectivity index (χ0v) is 15.7. The minimum Gasteiger partial charge on any atom is -0.367 e. The highest BCUT2D eigenvalue weighted by atomic mass is 32.2. The number of rotatable bonds is 8. The molecule has 3 aromatic rings. The van der Waals surface area contributed by atoms with Crippen molar-refractivity contribution in [3.05, 3.63) is 24.2 Å². The number of carbonyl (C=O) groups is 1. The summed E-state index contributed by atoms with van der Waals surface area (Å²) in [5, 5.41) is 15.6. The maximum Gasteiger partial charge on any atom is 0.289 e. The van der Waals surface area contributed by atoms with Gasteiger partial charge in [-0.2, -0.15) is 5.10 Å². The second-order valence-electron chi connectivity index (χ2n) is 5.82. The normalized spacial score (nSPS) is 11.2. The van der Waals surface area contributed by atoms with Crippen molar-refractivity contribution in [2.45, 2.75) is 38.5 Å². The smallest absolute Gasteiger partial charge is 0.289 e. The van der Waals surface area contributed by atoms with Crippen LogP contribution in [0.2, 0.25) is 0 Å². The van der Waals surface area contributed by atoms with Crippen LogP contribution in [0.3, 0.4) is 0 Å². The van der Waals surface area contributed by atoms with Crippen LogP contribution < -0.4 is 10.6 Å². The molecule has 138 valence electrons. The molecule has 0 aliphatic carbocycles. The minimum absolute atomic E-state index is 0.183. The van der Waals surface area contributed by atoms with Crippen molar-refractivity contribution in [2.24, 2.45) is 0 Å². The van der Waals surface area contributed by atoms with Crippen LogP contribution in [-0.2, 0) is 6.54 Å². The topological polar surface area (TPSA) is 111 Å². The second kappa shape index (κ2) is 8.17. The van der Waals surface area contributed by atoms with Gasteiger partial charge in [0.05, 0.1) is 24.3 Å². The summed E-state index contributed by atoms with van der Waals surface area (Å²) in [5.41, 5.74) is 0.744. The molecular weight excluding hydrogens is 354 g/mol. The van der Waals surface area contributed by atoms with E-state index in [-0.39, 0.29) is 17.7 Å². The SMILES string of the molecule is CCSc1nc(NC(C)C)c2cnn(CCNC(=O)c3ccno3)c2n1. The van der Waals surface area contributed by atoms with Crippen LogP contribution in [0.1, 0.15) is 31.3 Å². The lowest BCUT2D eigenvalue weighted by atomic mass is 10.3. The molecule has 3 heterocycles. The molecule has 3 rings (SSSR count). The van der Waals surface area contributed by atoms with E-state index in [0.29, 0.717) is 18.2 Å². The van der Waals surface area contributed by atoms with Gasteiger partial charge in [-0.25, -0.2) is 14.6 Å². The zero-order valence-electron chi connectivity index (χ0n) is 14.9. The molecule has 1 amide bonds. The Balaban J connectivity index is 1.77. The number of thioether (sulfide) groups is 1. The van der Waals surface area contributed by atoms with Crippen LogP contribution in [0.4, 0.5) is 5.82 Å². The summed E-state index contributed by atoms with van der Waals surface area (Å²) in [7, 11) is 0. The van der Waals surface area contributed by atoms with Gasteiger partial charge in [-0.05, 0) is 19.6 Å². The number of hydrogen-bond acceptors (Lipinski definition) is 8. The lowest BCUT2D eigenvalue weighted by molar-refractivity contribution is 0.0915. The fourth-order valence-electron chi connectivity index (χ4n) is 2.37. The van der Waals surface area contributed by atoms with Gasteiger partial charge in [0.25, 0.3) is 5.91 Å². The molecule has 0 aromatic carbocycles. The first-order valence-corrected chi connectivity index (χ1v) is 9.38. The van der Waals surface area contributed by atoms with Gasteiger partial charge < -0.3 is 15.2 Å². The second-order valence-corrected chi connectivity index (χ2v) is 7.06. The molecule has 0 saturated heterocycles. The Hall–Kier alpha value is -2.62. The number of nitrogens with one attached hydrogen (secondary N) is 2. The predicted octanol–water partition coefficient (Wildman–Crippen LogP) is 2.18. The molecule has 10 heteroatoms. The molecular formula is C16H21N7O2S. The van der Waals surface area contributed by atoms with Crippen molar-refractivity contribution in [3.63, 3.8) is 0 Å². The summed E-state index contributed by atoms with van der Waals surface area (Å²) < 4.78 is 6.60. The molecule has 0 bridgehead atoms. The average molecular weight is 375 g/mol. The van der Waals surface area contributed by atoms with Crippen LogP contribution in [0, 0.1) is 0 Å². The van der Waals surface area contributed by atoms with E-state index in [2.05, 4.69) is 51.6 Å². The van der Waals surface area contributed by atoms with E-state index in [9.17, 15) is 4.79 Å². The minimum atomic E-state index is -0.307. The monoisotopic (exact) mass is 375 g/mol. The third-order valence-corrected chi connectivity index (χ3v) is 4.17. The Kier molecular flexibility index (Phi) is 5.71. The molecule has 9 nitrogen and oxygen atoms in total. The highest BCUT2D eigenvalue weighted by Crippen LogP contribution is 2.24. The number of nitrogens with zero attached hydrogens (tertiary/aromatic N) is 5. The Morgan fingerprint density at radius 2 is 2.23 bits per heavy atom. The first kappa shape index (κ1) is 18.2. The molecule has 3 aromatic heterocycles. The predicted molar refractivity (Wildman–Crippen MR) is 99.3 cm³/mol. The van der Waals surface area contributed by atoms with E-state index in [1.54, 1.807) is 22.6 Å². The molecule has 0 unspecified atom stereocenters. The largest absolute Gasteiger partial charge is 0.367 e. The van der Waals surface area contributed by atoms with Gasteiger partial charge in [0.1, 0.15) is 5.82 Å². The average Bonchev–Trinajstić information content (AvgIpc) is 3.25. The molecule has 0 atom stereocenters. The van der Waals surface area contributed by atoms with Crippen molar-refractivity contribution in [1.82, 2.24) is 30.2 Å². The zero-order chi connectivity index (χ0) is 18.5. The summed E-state index contributed by atoms with van der Waals surface area (Å²) in [6, 6.07) is 1.77. The first-order valence-electron chi connectivity index (χ1n) is 8.40. The standard InChI is InChI=1S/C16H21N7O2S/c1-4-26-16-21-13(20-10(2)3)11-9-18-23(14(11)22-16)8-7-17-15(24)12-5-6-19-25-12/h5-6,9-10H,4,7-8H2,1-3H3,(H,17,24)(H,20,21,22). The van der Waals surface area contributed by atoms with E-state index < -0.39 is 0 Å². The maximum absolute atomic E-state index is 11.9. The van der Waals surface area contributed by atoms with E-state index in [1.807, 2.05) is 0 Å². The van der Waals surface area contributed by atoms with Crippen LogP contribution in [0.5, 0.6) is 0 Å². The highest BCUT2D eigenvalue weighted by Gasteiger charge is 2.14. The quantitative estimate of drug-likeness (QED) is 0.455. The molecule has 0 saturated carbocycles. The van der Waals surface area contributed by atoms with Gasteiger partial charge in [0, 0.05) is 18.7 Å². The van der Waals surface area contributed by atoms with E-state index in [4.69, 9.17) is 4.52 Å². The number of aromatic nitrogens is 5. The van der Waals surface area contributed by atoms with Crippen molar-refractivity contribution in [3.8, 4) is 0 Å². The van der Waals surface area contributed by atoms with Crippen molar-refractivity contribution < 1.29 is 9.32 Å². The number of carbonyl (C=O) groups excluding carboxylic acids is 1. The summed E-state index contributed by atoms with van der Waals surface area (Å²) in [4.78, 5) is 21.1. The van der Waals surface area contributed by atoms with Crippen molar-refractivity contribution in [2.75, 3.05) is 17.6 Å². The summed E-state index contributed by atoms with van der Waals surface area (Å²) >= 11 is 1.58. The molecule has 0 aliphatic heterocycles. The third-order valence-electron chi connectivity index (χ3n) is 3.45. The van der Waals surface area contributed by atoms with Gasteiger partial charge in [0.15, 0.2) is 10.8 Å². The Bertz CT molecular complexity index is 876. The number of fused-ring (bicyclic) bond motifs is 1. The lowest BCUT2D eigenvalue weighted by Gasteiger charge is -2.11. The highest BCUT2D eigenvalue weighted by molar-refractivity contribution is 7.99. The molecule has 0 aliphatic rings. The van der Waals surface area contributed by atoms with Gasteiger partial charge >= 0.3 is 0 Å². The maximum atomic E-state index is 11.9. The number of amides is 1. The van der Waals surface area contributed by atoms with Gasteiger partial charge in [-0.3, -0.25) is 4.79 Å². The summed E-state index contributed by atoms with van der Waals surface area (Å²) in [6.07, 6.45) is 3.18. The Morgan fingerprint density at radius 1 is 1.38 bits per heavy atom. The Labute approximate surface area is 154 Å². The summed E-state index contributed by atoms with van der Waals surface area (Å²) in [6.45, 7) is 7.05. The van der Waals surface area contributed by atoms with Gasteiger partial charge in [0.2, 0.25) is 5.76 Å². The molecule has 0 fully saturated rings. The van der Waals surface area contributed by atoms with Crippen LogP contribution in [-0.4, -0.2) is 49.2 Å². The third kappa shape index (κ3) is 4.13. The lowest BCUT2D eigenvalue weighted by Crippen LogP contribution is -2.27. The Morgan fingerprint density at radius 3 is 2.92 bits per heavy atom. The van der Waals surface area contributed by atoms with E-state index >= 15 is 0 Å². The van der Waals surface area contributed by atoms with Crippen LogP contribution >= 0.6 is 11.8 Å². The van der Waals surface area contributed by atoms with Crippen LogP contribution in [0.25, 0.3) is 11.0 Å². The fraction of sp³-hybridized carbons (Fsp3) is 0.438. The van der Waals surface area contributed by atoms with Crippen molar-refractivity contribution in [1.29, 1.82) is 0 Å². The van der Waals surface area contributed by atoms with E-state index in [0.717, 1.165) is 22.6 Å². The van der Waals surface area contributed by atoms with Gasteiger partial charge in [-0.1, -0.05) is 23.8 Å².